The smallest absolute Gasteiger partial charge is 0.310 e. The predicted molar refractivity (Wildman–Crippen MR) is 102 cm³/mol. The van der Waals surface area contributed by atoms with E-state index in [1.54, 1.807) is 0 Å². The van der Waals surface area contributed by atoms with Crippen molar-refractivity contribution in [2.45, 2.75) is 32.6 Å². The van der Waals surface area contributed by atoms with E-state index >= 15 is 0 Å². The summed E-state index contributed by atoms with van der Waals surface area (Å²) in [5, 5.41) is 1.88. The molecule has 1 aliphatic heterocycles. The van der Waals surface area contributed by atoms with Gasteiger partial charge in [-0.3, -0.25) is 4.79 Å². The highest BCUT2D eigenvalue weighted by Crippen LogP contribution is 2.21. The van der Waals surface area contributed by atoms with E-state index in [1.807, 2.05) is 30.2 Å². The molecule has 1 heterocycles. The monoisotopic (exact) mass is 353 g/mol. The zero-order valence-corrected chi connectivity index (χ0v) is 15.4. The first-order chi connectivity index (χ1) is 12.7. The second-order valence-corrected chi connectivity index (χ2v) is 6.79. The second-order valence-electron chi connectivity index (χ2n) is 6.79. The molecule has 1 fully saturated rings. The van der Waals surface area contributed by atoms with Crippen LogP contribution in [-0.2, 0) is 16.0 Å². The largest absolute Gasteiger partial charge is 0.465 e. The minimum atomic E-state index is -0.0987. The van der Waals surface area contributed by atoms with E-state index in [9.17, 15) is 4.79 Å². The lowest BCUT2D eigenvalue weighted by atomic mass is 10.00. The third-order valence-electron chi connectivity index (χ3n) is 4.57. The van der Waals surface area contributed by atoms with Gasteiger partial charge in [0.05, 0.1) is 12.5 Å². The summed E-state index contributed by atoms with van der Waals surface area (Å²) in [6.45, 7) is 3.93. The molecule has 2 aromatic carbocycles. The first-order valence-corrected chi connectivity index (χ1v) is 9.47. The Bertz CT molecular complexity index is 684. The fourth-order valence-corrected chi connectivity index (χ4v) is 3.19. The molecule has 0 bridgehead atoms. The molecule has 0 N–H and O–H groups in total. The first-order valence-electron chi connectivity index (χ1n) is 9.47. The van der Waals surface area contributed by atoms with Crippen LogP contribution >= 0.6 is 0 Å². The van der Waals surface area contributed by atoms with Crippen LogP contribution in [0, 0.1) is 5.92 Å². The van der Waals surface area contributed by atoms with Crippen molar-refractivity contribution in [1.29, 1.82) is 0 Å². The van der Waals surface area contributed by atoms with Crippen LogP contribution in [0.15, 0.2) is 54.6 Å². The number of rotatable bonds is 7. The molecule has 1 atom stereocenters. The van der Waals surface area contributed by atoms with Crippen molar-refractivity contribution in [3.05, 3.63) is 65.7 Å². The van der Waals surface area contributed by atoms with Crippen LogP contribution in [0.4, 0.5) is 0 Å². The Balaban J connectivity index is 1.52. The van der Waals surface area contributed by atoms with Crippen molar-refractivity contribution >= 4 is 5.97 Å². The minimum absolute atomic E-state index is 0.0901. The van der Waals surface area contributed by atoms with Gasteiger partial charge in [-0.25, -0.2) is 0 Å². The number of ether oxygens (including phenoxy) is 1. The molecule has 26 heavy (non-hydrogen) atoms. The van der Waals surface area contributed by atoms with Gasteiger partial charge in [0.2, 0.25) is 0 Å². The molecular weight excluding hydrogens is 326 g/mol. The molecule has 0 aliphatic carbocycles. The lowest BCUT2D eigenvalue weighted by molar-refractivity contribution is -0.157. The number of carbonyl (C=O) groups is 1. The van der Waals surface area contributed by atoms with Crippen LogP contribution < -0.4 is 4.84 Å². The van der Waals surface area contributed by atoms with Crippen LogP contribution in [0.2, 0.25) is 0 Å². The molecule has 0 saturated carbocycles. The van der Waals surface area contributed by atoms with Crippen molar-refractivity contribution in [3.8, 4) is 5.75 Å². The Morgan fingerprint density at radius 2 is 1.81 bits per heavy atom. The number of hydrogen-bond acceptors (Lipinski definition) is 4. The molecule has 4 nitrogen and oxygen atoms in total. The summed E-state index contributed by atoms with van der Waals surface area (Å²) in [5.74, 6) is 0.621. The minimum Gasteiger partial charge on any atom is -0.465 e. The SMILES string of the molecule is CCCOC(=O)C1CCCN(Oc2ccc(Cc3ccccc3)cc2)C1. The Hall–Kier alpha value is -2.33. The van der Waals surface area contributed by atoms with Crippen LogP contribution in [0.1, 0.15) is 37.3 Å². The van der Waals surface area contributed by atoms with Crippen molar-refractivity contribution < 1.29 is 14.4 Å². The quantitative estimate of drug-likeness (QED) is 0.698. The fourth-order valence-electron chi connectivity index (χ4n) is 3.19. The van der Waals surface area contributed by atoms with Gasteiger partial charge in [0.25, 0.3) is 0 Å². The molecule has 0 spiro atoms. The number of piperidine rings is 1. The summed E-state index contributed by atoms with van der Waals surface area (Å²) in [7, 11) is 0. The van der Waals surface area contributed by atoms with E-state index < -0.39 is 0 Å². The first kappa shape index (κ1) is 18.5. The van der Waals surface area contributed by atoms with Gasteiger partial charge in [0, 0.05) is 13.1 Å². The summed E-state index contributed by atoms with van der Waals surface area (Å²) < 4.78 is 5.28. The number of hydrogen-bond donors (Lipinski definition) is 0. The van der Waals surface area contributed by atoms with E-state index in [0.29, 0.717) is 13.2 Å². The Kier molecular flexibility index (Phi) is 6.67. The third kappa shape index (κ3) is 5.33. The van der Waals surface area contributed by atoms with Crippen LogP contribution in [0.3, 0.4) is 0 Å². The number of benzene rings is 2. The highest BCUT2D eigenvalue weighted by Gasteiger charge is 2.28. The van der Waals surface area contributed by atoms with E-state index in [4.69, 9.17) is 9.57 Å². The Labute approximate surface area is 155 Å². The molecule has 0 radical (unpaired) electrons. The van der Waals surface area contributed by atoms with E-state index in [2.05, 4.69) is 36.4 Å². The maximum absolute atomic E-state index is 12.1. The summed E-state index contributed by atoms with van der Waals surface area (Å²) in [6, 6.07) is 18.6. The lowest BCUT2D eigenvalue weighted by Gasteiger charge is -2.30. The number of hydroxylamine groups is 2. The van der Waals surface area contributed by atoms with Crippen LogP contribution in [0.25, 0.3) is 0 Å². The average molecular weight is 353 g/mol. The van der Waals surface area contributed by atoms with Gasteiger partial charge in [0.1, 0.15) is 5.75 Å². The third-order valence-corrected chi connectivity index (χ3v) is 4.57. The van der Waals surface area contributed by atoms with Crippen molar-refractivity contribution in [3.63, 3.8) is 0 Å². The maximum atomic E-state index is 12.1. The summed E-state index contributed by atoms with van der Waals surface area (Å²) in [5.41, 5.74) is 2.55. The normalized spacial score (nSPS) is 17.7. The molecule has 0 amide bonds. The van der Waals surface area contributed by atoms with E-state index in [-0.39, 0.29) is 11.9 Å². The summed E-state index contributed by atoms with van der Waals surface area (Å²) in [6.07, 6.45) is 3.58. The van der Waals surface area contributed by atoms with Crippen molar-refractivity contribution in [2.24, 2.45) is 5.92 Å². The highest BCUT2D eigenvalue weighted by molar-refractivity contribution is 5.72. The summed E-state index contributed by atoms with van der Waals surface area (Å²) >= 11 is 0. The second kappa shape index (κ2) is 9.39. The Morgan fingerprint density at radius 3 is 2.54 bits per heavy atom. The number of nitrogens with zero attached hydrogens (tertiary/aromatic N) is 1. The fraction of sp³-hybridized carbons (Fsp3) is 0.409. The van der Waals surface area contributed by atoms with Gasteiger partial charge in [-0.15, -0.1) is 5.06 Å². The zero-order chi connectivity index (χ0) is 18.2. The predicted octanol–water partition coefficient (Wildman–Crippen LogP) is 4.24. The topological polar surface area (TPSA) is 38.8 Å². The molecule has 1 aliphatic rings. The average Bonchev–Trinajstić information content (AvgIpc) is 2.69. The van der Waals surface area contributed by atoms with Gasteiger partial charge in [-0.2, -0.15) is 0 Å². The lowest BCUT2D eigenvalue weighted by Crippen LogP contribution is -2.41. The molecule has 0 aromatic heterocycles. The van der Waals surface area contributed by atoms with Gasteiger partial charge in [-0.05, 0) is 48.9 Å². The number of esters is 1. The van der Waals surface area contributed by atoms with Gasteiger partial charge in [0.15, 0.2) is 0 Å². The molecule has 3 rings (SSSR count). The standard InChI is InChI=1S/C22H27NO3/c1-2-15-25-22(24)20-9-6-14-23(17-20)26-21-12-10-19(11-13-21)16-18-7-4-3-5-8-18/h3-5,7-8,10-13,20H,2,6,9,14-17H2,1H3. The molecule has 1 unspecified atom stereocenters. The Morgan fingerprint density at radius 1 is 1.08 bits per heavy atom. The van der Waals surface area contributed by atoms with Gasteiger partial charge in [-0.1, -0.05) is 49.4 Å². The van der Waals surface area contributed by atoms with E-state index in [1.165, 1.54) is 11.1 Å². The molecule has 1 saturated heterocycles. The van der Waals surface area contributed by atoms with E-state index in [0.717, 1.165) is 38.0 Å². The maximum Gasteiger partial charge on any atom is 0.310 e. The van der Waals surface area contributed by atoms with Crippen LogP contribution in [-0.4, -0.2) is 30.7 Å². The zero-order valence-electron chi connectivity index (χ0n) is 15.4. The molecular formula is C22H27NO3. The van der Waals surface area contributed by atoms with Crippen molar-refractivity contribution in [1.82, 2.24) is 5.06 Å². The number of carbonyl (C=O) groups excluding carboxylic acids is 1. The van der Waals surface area contributed by atoms with Gasteiger partial charge < -0.3 is 9.57 Å². The molecule has 2 aromatic rings. The summed E-state index contributed by atoms with van der Waals surface area (Å²) in [4.78, 5) is 18.0. The van der Waals surface area contributed by atoms with Crippen molar-refractivity contribution in [2.75, 3.05) is 19.7 Å². The molecule has 138 valence electrons. The van der Waals surface area contributed by atoms with Crippen LogP contribution in [0.5, 0.6) is 5.75 Å². The molecule has 4 heteroatoms. The highest BCUT2D eigenvalue weighted by atomic mass is 16.7. The van der Waals surface area contributed by atoms with Gasteiger partial charge >= 0.3 is 5.97 Å².